The molecule has 0 amide bonds. The topological polar surface area (TPSA) is 17.1 Å². The van der Waals surface area contributed by atoms with E-state index >= 15 is 0 Å². The van der Waals surface area contributed by atoms with Crippen molar-refractivity contribution < 1.29 is 4.79 Å². The van der Waals surface area contributed by atoms with Gasteiger partial charge in [0.2, 0.25) is 0 Å². The summed E-state index contributed by atoms with van der Waals surface area (Å²) in [7, 11) is 0. The van der Waals surface area contributed by atoms with Crippen molar-refractivity contribution in [3.8, 4) is 0 Å². The molecule has 0 N–H and O–H groups in total. The molecule has 0 radical (unpaired) electrons. The van der Waals surface area contributed by atoms with Crippen molar-refractivity contribution in [3.05, 3.63) is 35.9 Å². The molecule has 15 heavy (non-hydrogen) atoms. The molecule has 0 atom stereocenters. The summed E-state index contributed by atoms with van der Waals surface area (Å²) in [4.78, 5) is 10.6. The summed E-state index contributed by atoms with van der Waals surface area (Å²) in [5.74, 6) is 0.258. The molecule has 0 saturated heterocycles. The Balaban J connectivity index is 0. The quantitative estimate of drug-likeness (QED) is 0.725. The van der Waals surface area contributed by atoms with Gasteiger partial charge in [-0.25, -0.2) is 0 Å². The molecule has 1 heteroatoms. The van der Waals surface area contributed by atoms with Crippen molar-refractivity contribution in [2.75, 3.05) is 0 Å². The fraction of sp³-hybridized carbons (Fsp3) is 0.500. The van der Waals surface area contributed by atoms with Gasteiger partial charge in [-0.3, -0.25) is 0 Å². The fourth-order valence-corrected chi connectivity index (χ4v) is 0.965. The Kier molecular flexibility index (Phi) is 14.0. The summed E-state index contributed by atoms with van der Waals surface area (Å²) < 4.78 is 0. The van der Waals surface area contributed by atoms with Crippen LogP contribution in [0.1, 0.15) is 46.6 Å². The third kappa shape index (κ3) is 10.8. The Morgan fingerprint density at radius 2 is 1.47 bits per heavy atom. The van der Waals surface area contributed by atoms with Gasteiger partial charge in [-0.1, -0.05) is 58.0 Å². The zero-order valence-electron chi connectivity index (χ0n) is 10.7. The first-order chi connectivity index (χ1) is 7.29. The Labute approximate surface area is 94.5 Å². The van der Waals surface area contributed by atoms with Crippen LogP contribution in [-0.2, 0) is 11.2 Å². The van der Waals surface area contributed by atoms with Crippen molar-refractivity contribution in [2.45, 2.75) is 47.5 Å². The number of carbonyl (C=O) groups excluding carboxylic acids is 1. The van der Waals surface area contributed by atoms with E-state index in [1.54, 1.807) is 6.92 Å². The van der Waals surface area contributed by atoms with Gasteiger partial charge in [0, 0.05) is 6.42 Å². The van der Waals surface area contributed by atoms with Gasteiger partial charge in [-0.05, 0) is 18.9 Å². The van der Waals surface area contributed by atoms with Crippen molar-refractivity contribution >= 4 is 5.78 Å². The standard InChI is InChI=1S/C10H12O.2C2H6/c1-9(11)7-8-10-5-3-2-4-6-10;2*1-2/h2-6H,7-8H2,1H3;2*1-2H3. The van der Waals surface area contributed by atoms with Gasteiger partial charge in [-0.2, -0.15) is 0 Å². The van der Waals surface area contributed by atoms with Crippen LogP contribution >= 0.6 is 0 Å². The van der Waals surface area contributed by atoms with E-state index < -0.39 is 0 Å². The highest BCUT2D eigenvalue weighted by molar-refractivity contribution is 5.75. The van der Waals surface area contributed by atoms with Crippen LogP contribution in [0.2, 0.25) is 0 Å². The number of carbonyl (C=O) groups is 1. The van der Waals surface area contributed by atoms with E-state index in [4.69, 9.17) is 0 Å². The van der Waals surface area contributed by atoms with Crippen molar-refractivity contribution in [1.82, 2.24) is 0 Å². The second-order valence-electron chi connectivity index (χ2n) is 2.69. The van der Waals surface area contributed by atoms with E-state index in [-0.39, 0.29) is 5.78 Å². The third-order valence-electron chi connectivity index (χ3n) is 1.61. The summed E-state index contributed by atoms with van der Waals surface area (Å²) in [6.45, 7) is 9.63. The molecule has 1 rings (SSSR count). The number of hydrogen-bond donors (Lipinski definition) is 0. The van der Waals surface area contributed by atoms with Gasteiger partial charge >= 0.3 is 0 Å². The van der Waals surface area contributed by atoms with Gasteiger partial charge in [0.25, 0.3) is 0 Å². The summed E-state index contributed by atoms with van der Waals surface area (Å²) in [5, 5.41) is 0. The molecule has 0 aliphatic carbocycles. The van der Waals surface area contributed by atoms with Crippen LogP contribution in [0, 0.1) is 0 Å². The smallest absolute Gasteiger partial charge is 0.130 e. The van der Waals surface area contributed by atoms with Gasteiger partial charge in [0.05, 0.1) is 0 Å². The predicted octanol–water partition coefficient (Wildman–Crippen LogP) is 4.26. The van der Waals surface area contributed by atoms with E-state index in [0.29, 0.717) is 6.42 Å². The Morgan fingerprint density at radius 3 is 1.87 bits per heavy atom. The van der Waals surface area contributed by atoms with Crippen LogP contribution in [-0.4, -0.2) is 5.78 Å². The first-order valence-corrected chi connectivity index (χ1v) is 5.82. The van der Waals surface area contributed by atoms with E-state index in [0.717, 1.165) is 6.42 Å². The first-order valence-electron chi connectivity index (χ1n) is 5.82. The maximum absolute atomic E-state index is 10.6. The number of aryl methyl sites for hydroxylation is 1. The number of rotatable bonds is 3. The molecule has 0 spiro atoms. The Bertz CT molecular complexity index is 226. The number of Topliss-reactive ketones (excluding diaryl/α,β-unsaturated/α-hetero) is 1. The molecule has 1 aromatic carbocycles. The first kappa shape index (κ1) is 16.3. The molecule has 0 heterocycles. The van der Waals surface area contributed by atoms with Crippen molar-refractivity contribution in [1.29, 1.82) is 0 Å². The Morgan fingerprint density at radius 1 is 1.00 bits per heavy atom. The lowest BCUT2D eigenvalue weighted by molar-refractivity contribution is -0.116. The molecule has 0 fully saturated rings. The molecule has 0 aliphatic rings. The van der Waals surface area contributed by atoms with Crippen molar-refractivity contribution in [2.24, 2.45) is 0 Å². The molecular formula is C14H24O. The predicted molar refractivity (Wildman–Crippen MR) is 68.1 cm³/mol. The molecule has 0 saturated carbocycles. The molecule has 0 aliphatic heterocycles. The summed E-state index contributed by atoms with van der Waals surface area (Å²) in [6.07, 6.45) is 1.53. The number of ketones is 1. The average molecular weight is 208 g/mol. The van der Waals surface area contributed by atoms with Crippen LogP contribution in [0.4, 0.5) is 0 Å². The lowest BCUT2D eigenvalue weighted by atomic mass is 10.1. The number of benzene rings is 1. The minimum atomic E-state index is 0.258. The highest BCUT2D eigenvalue weighted by atomic mass is 16.1. The van der Waals surface area contributed by atoms with E-state index in [2.05, 4.69) is 0 Å². The SMILES string of the molecule is CC.CC.CC(=O)CCc1ccccc1. The normalized spacial score (nSPS) is 7.80. The lowest BCUT2D eigenvalue weighted by Gasteiger charge is -1.96. The summed E-state index contributed by atoms with van der Waals surface area (Å²) in [5.41, 5.74) is 1.24. The molecule has 0 aromatic heterocycles. The highest BCUT2D eigenvalue weighted by Gasteiger charge is 1.94. The van der Waals surface area contributed by atoms with Crippen LogP contribution in [0.15, 0.2) is 30.3 Å². The molecule has 0 unspecified atom stereocenters. The number of hydrogen-bond acceptors (Lipinski definition) is 1. The maximum Gasteiger partial charge on any atom is 0.130 e. The zero-order valence-corrected chi connectivity index (χ0v) is 10.7. The van der Waals surface area contributed by atoms with Crippen LogP contribution in [0.5, 0.6) is 0 Å². The second kappa shape index (κ2) is 12.9. The van der Waals surface area contributed by atoms with E-state index in [1.807, 2.05) is 58.0 Å². The van der Waals surface area contributed by atoms with Crippen LogP contribution in [0.3, 0.4) is 0 Å². The zero-order chi connectivity index (χ0) is 12.1. The monoisotopic (exact) mass is 208 g/mol. The molecule has 86 valence electrons. The molecule has 1 aromatic rings. The highest BCUT2D eigenvalue weighted by Crippen LogP contribution is 2.01. The Hall–Kier alpha value is -1.11. The van der Waals surface area contributed by atoms with Gasteiger partial charge in [0.15, 0.2) is 0 Å². The fourth-order valence-electron chi connectivity index (χ4n) is 0.965. The summed E-state index contributed by atoms with van der Waals surface area (Å²) >= 11 is 0. The minimum absolute atomic E-state index is 0.258. The van der Waals surface area contributed by atoms with Gasteiger partial charge in [0.1, 0.15) is 5.78 Å². The molecular weight excluding hydrogens is 184 g/mol. The second-order valence-corrected chi connectivity index (χ2v) is 2.69. The molecule has 1 nitrogen and oxygen atoms in total. The van der Waals surface area contributed by atoms with E-state index in [1.165, 1.54) is 5.56 Å². The lowest BCUT2D eigenvalue weighted by Crippen LogP contribution is -1.92. The molecule has 0 bridgehead atoms. The van der Waals surface area contributed by atoms with Crippen molar-refractivity contribution in [3.63, 3.8) is 0 Å². The largest absolute Gasteiger partial charge is 0.300 e. The van der Waals surface area contributed by atoms with Gasteiger partial charge < -0.3 is 4.79 Å². The third-order valence-corrected chi connectivity index (χ3v) is 1.61. The average Bonchev–Trinajstić information content (AvgIpc) is 2.33. The van der Waals surface area contributed by atoms with Crippen LogP contribution < -0.4 is 0 Å². The minimum Gasteiger partial charge on any atom is -0.300 e. The van der Waals surface area contributed by atoms with Crippen LogP contribution in [0.25, 0.3) is 0 Å². The van der Waals surface area contributed by atoms with Gasteiger partial charge in [-0.15, -0.1) is 0 Å². The summed E-state index contributed by atoms with van der Waals surface area (Å²) in [6, 6.07) is 10.1. The maximum atomic E-state index is 10.6. The van der Waals surface area contributed by atoms with E-state index in [9.17, 15) is 4.79 Å².